The highest BCUT2D eigenvalue weighted by Gasteiger charge is 2.07. The fraction of sp³-hybridized carbons (Fsp3) is 0.462. The molecule has 1 amide bonds. The van der Waals surface area contributed by atoms with Gasteiger partial charge in [0.25, 0.3) is 0 Å². The molecule has 0 unspecified atom stereocenters. The third-order valence-corrected chi connectivity index (χ3v) is 2.88. The number of nitrogens with one attached hydrogen (secondary N) is 1. The summed E-state index contributed by atoms with van der Waals surface area (Å²) in [6.45, 7) is 4.17. The molecule has 3 heteroatoms. The molecular formula is C13H18BrNO. The van der Waals surface area contributed by atoms with E-state index in [2.05, 4.69) is 28.2 Å². The lowest BCUT2D eigenvalue weighted by molar-refractivity contribution is -0.121. The maximum atomic E-state index is 11.7. The first kappa shape index (κ1) is 13.2. The van der Waals surface area contributed by atoms with Gasteiger partial charge in [-0.2, -0.15) is 0 Å². The fourth-order valence-corrected chi connectivity index (χ4v) is 2.11. The van der Waals surface area contributed by atoms with Gasteiger partial charge in [0.05, 0.1) is 6.42 Å². The number of halogens is 1. The van der Waals surface area contributed by atoms with Gasteiger partial charge in [0.2, 0.25) is 5.91 Å². The summed E-state index contributed by atoms with van der Waals surface area (Å²) in [6, 6.07) is 8.12. The van der Waals surface area contributed by atoms with Crippen molar-refractivity contribution in [2.75, 3.05) is 0 Å². The standard InChI is InChI=1S/C13H18BrNO/c1-3-5-10(2)15-13(16)9-11-6-4-7-12(14)8-11/h4,6-8,10H,3,5,9H2,1-2H3,(H,15,16)/t10-/m1/s1. The van der Waals surface area contributed by atoms with Crippen molar-refractivity contribution in [1.82, 2.24) is 5.32 Å². The van der Waals surface area contributed by atoms with Crippen molar-refractivity contribution >= 4 is 21.8 Å². The summed E-state index contributed by atoms with van der Waals surface area (Å²) >= 11 is 3.40. The molecule has 0 heterocycles. The third kappa shape index (κ3) is 4.79. The van der Waals surface area contributed by atoms with Gasteiger partial charge >= 0.3 is 0 Å². The van der Waals surface area contributed by atoms with Crippen LogP contribution >= 0.6 is 15.9 Å². The second-order valence-electron chi connectivity index (χ2n) is 4.06. The predicted molar refractivity (Wildman–Crippen MR) is 70.4 cm³/mol. The van der Waals surface area contributed by atoms with Crippen LogP contribution in [0.15, 0.2) is 28.7 Å². The Morgan fingerprint density at radius 1 is 1.50 bits per heavy atom. The van der Waals surface area contributed by atoms with Crippen LogP contribution in [0.25, 0.3) is 0 Å². The molecule has 0 fully saturated rings. The number of hydrogen-bond acceptors (Lipinski definition) is 1. The number of carbonyl (C=O) groups excluding carboxylic acids is 1. The smallest absolute Gasteiger partial charge is 0.224 e. The summed E-state index contributed by atoms with van der Waals surface area (Å²) in [5, 5.41) is 2.99. The summed E-state index contributed by atoms with van der Waals surface area (Å²) < 4.78 is 1.01. The van der Waals surface area contributed by atoms with Crippen LogP contribution in [-0.2, 0) is 11.2 Å². The lowest BCUT2D eigenvalue weighted by Gasteiger charge is -2.12. The zero-order chi connectivity index (χ0) is 12.0. The van der Waals surface area contributed by atoms with Crippen LogP contribution in [-0.4, -0.2) is 11.9 Å². The molecular weight excluding hydrogens is 266 g/mol. The number of hydrogen-bond donors (Lipinski definition) is 1. The Morgan fingerprint density at radius 2 is 2.25 bits per heavy atom. The van der Waals surface area contributed by atoms with E-state index in [-0.39, 0.29) is 11.9 Å². The van der Waals surface area contributed by atoms with E-state index in [1.807, 2.05) is 31.2 Å². The molecule has 1 aromatic carbocycles. The molecule has 0 aliphatic rings. The fourth-order valence-electron chi connectivity index (χ4n) is 1.66. The zero-order valence-electron chi connectivity index (χ0n) is 9.79. The van der Waals surface area contributed by atoms with Crippen molar-refractivity contribution in [2.45, 2.75) is 39.2 Å². The number of amides is 1. The number of carbonyl (C=O) groups is 1. The predicted octanol–water partition coefficient (Wildman–Crippen LogP) is 3.30. The van der Waals surface area contributed by atoms with E-state index < -0.39 is 0 Å². The van der Waals surface area contributed by atoms with E-state index >= 15 is 0 Å². The molecule has 0 aliphatic heterocycles. The lowest BCUT2D eigenvalue weighted by Crippen LogP contribution is -2.33. The normalized spacial score (nSPS) is 12.2. The van der Waals surface area contributed by atoms with Crippen LogP contribution < -0.4 is 5.32 Å². The Bertz CT molecular complexity index is 352. The highest BCUT2D eigenvalue weighted by Crippen LogP contribution is 2.12. The van der Waals surface area contributed by atoms with Crippen molar-refractivity contribution < 1.29 is 4.79 Å². The van der Waals surface area contributed by atoms with E-state index in [4.69, 9.17) is 0 Å². The largest absolute Gasteiger partial charge is 0.353 e. The molecule has 88 valence electrons. The molecule has 2 nitrogen and oxygen atoms in total. The zero-order valence-corrected chi connectivity index (χ0v) is 11.4. The van der Waals surface area contributed by atoms with E-state index in [1.165, 1.54) is 0 Å². The molecule has 0 radical (unpaired) electrons. The van der Waals surface area contributed by atoms with Gasteiger partial charge in [-0.3, -0.25) is 4.79 Å². The minimum Gasteiger partial charge on any atom is -0.353 e. The van der Waals surface area contributed by atoms with Crippen LogP contribution in [0.1, 0.15) is 32.3 Å². The van der Waals surface area contributed by atoms with Crippen LogP contribution in [0.2, 0.25) is 0 Å². The highest BCUT2D eigenvalue weighted by atomic mass is 79.9. The summed E-state index contributed by atoms with van der Waals surface area (Å²) in [7, 11) is 0. The molecule has 0 spiro atoms. The number of benzene rings is 1. The Hall–Kier alpha value is -0.830. The maximum absolute atomic E-state index is 11.7. The molecule has 1 N–H and O–H groups in total. The van der Waals surface area contributed by atoms with Crippen molar-refractivity contribution in [3.05, 3.63) is 34.3 Å². The van der Waals surface area contributed by atoms with E-state index in [0.717, 1.165) is 22.9 Å². The average molecular weight is 284 g/mol. The minimum absolute atomic E-state index is 0.0963. The maximum Gasteiger partial charge on any atom is 0.224 e. The molecule has 0 saturated carbocycles. The second kappa shape index (κ2) is 6.69. The van der Waals surface area contributed by atoms with Crippen LogP contribution in [0.5, 0.6) is 0 Å². The van der Waals surface area contributed by atoms with E-state index in [9.17, 15) is 4.79 Å². The first-order valence-electron chi connectivity index (χ1n) is 5.65. The first-order chi connectivity index (χ1) is 7.61. The highest BCUT2D eigenvalue weighted by molar-refractivity contribution is 9.10. The molecule has 1 rings (SSSR count). The Morgan fingerprint density at radius 3 is 2.88 bits per heavy atom. The molecule has 0 aliphatic carbocycles. The van der Waals surface area contributed by atoms with Crippen molar-refractivity contribution in [3.8, 4) is 0 Å². The summed E-state index contributed by atoms with van der Waals surface area (Å²) in [4.78, 5) is 11.7. The molecule has 0 bridgehead atoms. The molecule has 0 aromatic heterocycles. The van der Waals surface area contributed by atoms with Crippen LogP contribution in [0.4, 0.5) is 0 Å². The van der Waals surface area contributed by atoms with Gasteiger partial charge in [-0.25, -0.2) is 0 Å². The van der Waals surface area contributed by atoms with E-state index in [1.54, 1.807) is 0 Å². The van der Waals surface area contributed by atoms with Crippen LogP contribution in [0.3, 0.4) is 0 Å². The molecule has 0 saturated heterocycles. The van der Waals surface area contributed by atoms with Gasteiger partial charge in [-0.05, 0) is 31.0 Å². The van der Waals surface area contributed by atoms with Gasteiger partial charge in [-0.1, -0.05) is 41.4 Å². The van der Waals surface area contributed by atoms with Crippen molar-refractivity contribution in [3.63, 3.8) is 0 Å². The number of rotatable bonds is 5. The van der Waals surface area contributed by atoms with Crippen LogP contribution in [0, 0.1) is 0 Å². The third-order valence-electron chi connectivity index (χ3n) is 2.38. The SMILES string of the molecule is CCC[C@@H](C)NC(=O)Cc1cccc(Br)c1. The monoisotopic (exact) mass is 283 g/mol. The Kier molecular flexibility index (Phi) is 5.53. The first-order valence-corrected chi connectivity index (χ1v) is 6.45. The quantitative estimate of drug-likeness (QED) is 0.883. The Labute approximate surface area is 106 Å². The summed E-state index contributed by atoms with van der Waals surface area (Å²) in [5.74, 6) is 0.0963. The average Bonchev–Trinajstić information content (AvgIpc) is 2.17. The summed E-state index contributed by atoms with van der Waals surface area (Å²) in [6.07, 6.45) is 2.58. The minimum atomic E-state index is 0.0963. The Balaban J connectivity index is 2.45. The lowest BCUT2D eigenvalue weighted by atomic mass is 10.1. The van der Waals surface area contributed by atoms with E-state index in [0.29, 0.717) is 6.42 Å². The molecule has 1 atom stereocenters. The van der Waals surface area contributed by atoms with Gasteiger partial charge in [0, 0.05) is 10.5 Å². The van der Waals surface area contributed by atoms with Crippen molar-refractivity contribution in [2.24, 2.45) is 0 Å². The van der Waals surface area contributed by atoms with Gasteiger partial charge < -0.3 is 5.32 Å². The van der Waals surface area contributed by atoms with Gasteiger partial charge in [-0.15, -0.1) is 0 Å². The summed E-state index contributed by atoms with van der Waals surface area (Å²) in [5.41, 5.74) is 1.04. The second-order valence-corrected chi connectivity index (χ2v) is 4.98. The van der Waals surface area contributed by atoms with Crippen molar-refractivity contribution in [1.29, 1.82) is 0 Å². The topological polar surface area (TPSA) is 29.1 Å². The van der Waals surface area contributed by atoms with Gasteiger partial charge in [0.1, 0.15) is 0 Å². The van der Waals surface area contributed by atoms with Gasteiger partial charge in [0.15, 0.2) is 0 Å². The molecule has 16 heavy (non-hydrogen) atoms. The molecule has 1 aromatic rings.